The van der Waals surface area contributed by atoms with Crippen LogP contribution in [0.2, 0.25) is 5.02 Å². The first-order valence-corrected chi connectivity index (χ1v) is 8.61. The minimum Gasteiger partial charge on any atom is -0.497 e. The molecule has 0 fully saturated rings. The standard InChI is InChI=1S/C18H15ClN2O3S/c1-23-13-7-8-16(24-2)14(9-13)15-10-25-18(20-15)21-17(22)11-3-5-12(19)6-4-11/h3-10H,1-2H3,(H,20,21,22). The molecule has 0 saturated heterocycles. The van der Waals surface area contributed by atoms with Gasteiger partial charge in [0.05, 0.1) is 19.9 Å². The lowest BCUT2D eigenvalue weighted by Crippen LogP contribution is -2.11. The van der Waals surface area contributed by atoms with Crippen molar-refractivity contribution in [2.24, 2.45) is 0 Å². The van der Waals surface area contributed by atoms with Crippen LogP contribution >= 0.6 is 22.9 Å². The predicted octanol–water partition coefficient (Wildman–Crippen LogP) is 4.73. The molecule has 0 atom stereocenters. The Hall–Kier alpha value is -2.57. The van der Waals surface area contributed by atoms with Gasteiger partial charge in [-0.3, -0.25) is 10.1 Å². The Morgan fingerprint density at radius 3 is 2.56 bits per heavy atom. The number of benzene rings is 2. The smallest absolute Gasteiger partial charge is 0.257 e. The van der Waals surface area contributed by atoms with E-state index in [1.165, 1.54) is 11.3 Å². The first-order valence-electron chi connectivity index (χ1n) is 7.35. The van der Waals surface area contributed by atoms with E-state index in [-0.39, 0.29) is 5.91 Å². The third kappa shape index (κ3) is 3.92. The summed E-state index contributed by atoms with van der Waals surface area (Å²) in [6.07, 6.45) is 0. The van der Waals surface area contributed by atoms with Gasteiger partial charge in [0, 0.05) is 21.5 Å². The average molecular weight is 375 g/mol. The van der Waals surface area contributed by atoms with Gasteiger partial charge in [-0.05, 0) is 42.5 Å². The molecule has 3 aromatic rings. The largest absolute Gasteiger partial charge is 0.497 e. The monoisotopic (exact) mass is 374 g/mol. The summed E-state index contributed by atoms with van der Waals surface area (Å²) in [6, 6.07) is 12.2. The molecule has 1 amide bonds. The second kappa shape index (κ2) is 7.55. The SMILES string of the molecule is COc1ccc(OC)c(-c2csc(NC(=O)c3ccc(Cl)cc3)n2)c1. The van der Waals surface area contributed by atoms with Crippen molar-refractivity contribution in [1.82, 2.24) is 4.98 Å². The van der Waals surface area contributed by atoms with Crippen LogP contribution in [0.1, 0.15) is 10.4 Å². The normalized spacial score (nSPS) is 10.4. The fourth-order valence-corrected chi connectivity index (χ4v) is 3.07. The maximum absolute atomic E-state index is 12.3. The van der Waals surface area contributed by atoms with E-state index in [1.54, 1.807) is 38.5 Å². The van der Waals surface area contributed by atoms with Gasteiger partial charge in [-0.25, -0.2) is 4.98 Å². The number of aromatic nitrogens is 1. The first-order chi connectivity index (χ1) is 12.1. The summed E-state index contributed by atoms with van der Waals surface area (Å²) in [7, 11) is 3.20. The highest BCUT2D eigenvalue weighted by molar-refractivity contribution is 7.14. The molecule has 0 radical (unpaired) electrons. The molecule has 1 aromatic heterocycles. The summed E-state index contributed by atoms with van der Waals surface area (Å²) < 4.78 is 10.6. The molecule has 0 saturated carbocycles. The van der Waals surface area contributed by atoms with Crippen molar-refractivity contribution < 1.29 is 14.3 Å². The number of ether oxygens (including phenoxy) is 2. The summed E-state index contributed by atoms with van der Waals surface area (Å²) in [5, 5.41) is 5.72. The van der Waals surface area contributed by atoms with Gasteiger partial charge in [0.25, 0.3) is 5.91 Å². The van der Waals surface area contributed by atoms with Crippen LogP contribution in [0.4, 0.5) is 5.13 Å². The number of rotatable bonds is 5. The molecule has 0 bridgehead atoms. The first kappa shape index (κ1) is 17.3. The topological polar surface area (TPSA) is 60.5 Å². The molecule has 0 spiro atoms. The highest BCUT2D eigenvalue weighted by Crippen LogP contribution is 2.35. The van der Waals surface area contributed by atoms with Crippen LogP contribution in [0.15, 0.2) is 47.8 Å². The summed E-state index contributed by atoms with van der Waals surface area (Å²) in [4.78, 5) is 16.7. The number of nitrogens with zero attached hydrogens (tertiary/aromatic N) is 1. The van der Waals surface area contributed by atoms with Crippen LogP contribution in [0.3, 0.4) is 0 Å². The van der Waals surface area contributed by atoms with E-state index in [4.69, 9.17) is 21.1 Å². The van der Waals surface area contributed by atoms with Crippen LogP contribution < -0.4 is 14.8 Å². The Balaban J connectivity index is 1.83. The molecular formula is C18H15ClN2O3S. The van der Waals surface area contributed by atoms with Gasteiger partial charge < -0.3 is 9.47 Å². The van der Waals surface area contributed by atoms with E-state index in [0.29, 0.717) is 32.9 Å². The fraction of sp³-hybridized carbons (Fsp3) is 0.111. The maximum atomic E-state index is 12.3. The van der Waals surface area contributed by atoms with Gasteiger partial charge in [0.15, 0.2) is 5.13 Å². The number of methoxy groups -OCH3 is 2. The molecule has 1 N–H and O–H groups in total. The quantitative estimate of drug-likeness (QED) is 0.701. The van der Waals surface area contributed by atoms with E-state index in [1.807, 2.05) is 23.6 Å². The minimum absolute atomic E-state index is 0.241. The highest BCUT2D eigenvalue weighted by Gasteiger charge is 2.13. The van der Waals surface area contributed by atoms with Gasteiger partial charge >= 0.3 is 0 Å². The van der Waals surface area contributed by atoms with Gasteiger partial charge in [0.2, 0.25) is 0 Å². The molecule has 3 rings (SSSR count). The van der Waals surface area contributed by atoms with Crippen LogP contribution in [0, 0.1) is 0 Å². The van der Waals surface area contributed by atoms with E-state index in [0.717, 1.165) is 5.56 Å². The minimum atomic E-state index is -0.241. The molecule has 1 heterocycles. The fourth-order valence-electron chi connectivity index (χ4n) is 2.24. The third-order valence-corrected chi connectivity index (χ3v) is 4.52. The molecule has 0 unspecified atom stereocenters. The lowest BCUT2D eigenvalue weighted by Gasteiger charge is -2.08. The molecule has 7 heteroatoms. The number of carbonyl (C=O) groups is 1. The van der Waals surface area contributed by atoms with Crippen molar-refractivity contribution in [2.75, 3.05) is 19.5 Å². The van der Waals surface area contributed by atoms with Crippen LogP contribution in [-0.4, -0.2) is 25.1 Å². The molecule has 25 heavy (non-hydrogen) atoms. The van der Waals surface area contributed by atoms with Gasteiger partial charge in [-0.2, -0.15) is 0 Å². The molecule has 5 nitrogen and oxygen atoms in total. The second-order valence-corrected chi connectivity index (χ2v) is 6.36. The molecule has 0 aliphatic carbocycles. The highest BCUT2D eigenvalue weighted by atomic mass is 35.5. The van der Waals surface area contributed by atoms with E-state index in [9.17, 15) is 4.79 Å². The lowest BCUT2D eigenvalue weighted by atomic mass is 10.1. The molecule has 0 aliphatic heterocycles. The Bertz CT molecular complexity index is 894. The summed E-state index contributed by atoms with van der Waals surface area (Å²) >= 11 is 7.17. The average Bonchev–Trinajstić information content (AvgIpc) is 3.10. The third-order valence-electron chi connectivity index (χ3n) is 3.51. The van der Waals surface area contributed by atoms with E-state index in [2.05, 4.69) is 10.3 Å². The molecule has 128 valence electrons. The zero-order valence-corrected chi connectivity index (χ0v) is 15.1. The number of amides is 1. The van der Waals surface area contributed by atoms with Crippen molar-refractivity contribution in [3.05, 3.63) is 58.4 Å². The van der Waals surface area contributed by atoms with Crippen molar-refractivity contribution in [2.45, 2.75) is 0 Å². The van der Waals surface area contributed by atoms with Gasteiger partial charge in [-0.1, -0.05) is 11.6 Å². The number of hydrogen-bond acceptors (Lipinski definition) is 5. The van der Waals surface area contributed by atoms with E-state index < -0.39 is 0 Å². The number of carbonyl (C=O) groups excluding carboxylic acids is 1. The number of nitrogens with one attached hydrogen (secondary N) is 1. The van der Waals surface area contributed by atoms with E-state index >= 15 is 0 Å². The van der Waals surface area contributed by atoms with Crippen molar-refractivity contribution in [1.29, 1.82) is 0 Å². The van der Waals surface area contributed by atoms with Crippen LogP contribution in [-0.2, 0) is 0 Å². The maximum Gasteiger partial charge on any atom is 0.257 e. The Kier molecular flexibility index (Phi) is 5.21. The second-order valence-electron chi connectivity index (χ2n) is 5.07. The van der Waals surface area contributed by atoms with Gasteiger partial charge in [-0.15, -0.1) is 11.3 Å². The van der Waals surface area contributed by atoms with Crippen molar-refractivity contribution in [3.63, 3.8) is 0 Å². The Morgan fingerprint density at radius 1 is 1.12 bits per heavy atom. The van der Waals surface area contributed by atoms with Crippen molar-refractivity contribution in [3.8, 4) is 22.8 Å². The zero-order chi connectivity index (χ0) is 17.8. The lowest BCUT2D eigenvalue weighted by molar-refractivity contribution is 0.102. The molecule has 0 aliphatic rings. The molecular weight excluding hydrogens is 360 g/mol. The summed E-state index contributed by atoms with van der Waals surface area (Å²) in [5.41, 5.74) is 2.01. The van der Waals surface area contributed by atoms with Crippen molar-refractivity contribution >= 4 is 34.0 Å². The number of halogens is 1. The van der Waals surface area contributed by atoms with Gasteiger partial charge in [0.1, 0.15) is 11.5 Å². The Labute approximate surface area is 154 Å². The predicted molar refractivity (Wildman–Crippen MR) is 100 cm³/mol. The number of thiazole rings is 1. The molecule has 2 aromatic carbocycles. The Morgan fingerprint density at radius 2 is 1.88 bits per heavy atom. The van der Waals surface area contributed by atoms with Crippen LogP contribution in [0.25, 0.3) is 11.3 Å². The zero-order valence-electron chi connectivity index (χ0n) is 13.6. The number of anilines is 1. The number of hydrogen-bond donors (Lipinski definition) is 1. The van der Waals surface area contributed by atoms with Crippen LogP contribution in [0.5, 0.6) is 11.5 Å². The summed E-state index contributed by atoms with van der Waals surface area (Å²) in [5.74, 6) is 1.15. The summed E-state index contributed by atoms with van der Waals surface area (Å²) in [6.45, 7) is 0.